The van der Waals surface area contributed by atoms with Gasteiger partial charge in [-0.1, -0.05) is 271 Å². The Kier molecular flexibility index (Phi) is 10.2. The van der Waals surface area contributed by atoms with E-state index in [4.69, 9.17) is 5.48 Å². The summed E-state index contributed by atoms with van der Waals surface area (Å²) in [6, 6.07) is 40.8. The van der Waals surface area contributed by atoms with E-state index in [-0.39, 0.29) is 66.1 Å². The predicted molar refractivity (Wildman–Crippen MR) is 455 cm³/mol. The summed E-state index contributed by atoms with van der Waals surface area (Å²) in [7, 11) is 0. The molecule has 106 heavy (non-hydrogen) atoms. The van der Waals surface area contributed by atoms with E-state index >= 15 is 0 Å². The van der Waals surface area contributed by atoms with Gasteiger partial charge in [-0.25, -0.2) is 0 Å². The maximum absolute atomic E-state index is 11.7. The topological polar surface area (TPSA) is 21.3 Å². The van der Waals surface area contributed by atoms with E-state index in [1.807, 2.05) is 119 Å². The molecule has 0 saturated carbocycles. The molecule has 6 heteroatoms. The van der Waals surface area contributed by atoms with Gasteiger partial charge in [-0.05, 0) is 198 Å². The average molecular weight is 1390 g/mol. The number of fused-ring (bicyclic) bond motifs is 13. The standard InChI is InChI=1S/C100H86BN5/c1-97(2,3)67-43-38-63(39-44-67)79-59-69(99(7,8)9)47-54-89(79)105-92-61-72(103-84-33-21-16-28-74(84)75-29-17-22-34-85(75)103)49-51-82(92)101-83-52-50-73(104-86-35-23-18-30-76(86)77-31-19-24-36-87(77)104)62-93(83)106(90-55-48-70(100(10,11)12)60-80(90)64-40-45-68(46-41-64)98(4,5)6)95-58-66(57-94(105)96(95)101)65-42-53-91-81(56-65)78-32-20-25-37-88(78)102(91)71-26-14-13-15-27-71/h13-62H,1-12H3/i16D,17D,18D,19D,21D,22D,23D,24D,28D,29D,30D,31D,33D,34D,35D,36D,49D,50D,51D,52D,61D,62D. The van der Waals surface area contributed by atoms with Crippen molar-refractivity contribution >= 4 is 123 Å². The minimum Gasteiger partial charge on any atom is -0.311 e. The lowest BCUT2D eigenvalue weighted by Crippen LogP contribution is -2.61. The van der Waals surface area contributed by atoms with Crippen LogP contribution in [0.3, 0.4) is 0 Å². The molecular weight excluding hydrogens is 1280 g/mol. The molecule has 0 bridgehead atoms. The average Bonchev–Trinajstić information content (AvgIpc) is 0.967. The van der Waals surface area contributed by atoms with Gasteiger partial charge in [-0.2, -0.15) is 0 Å². The second kappa shape index (κ2) is 23.8. The quantitative estimate of drug-likeness (QED) is 0.141. The fourth-order valence-electron chi connectivity index (χ4n) is 15.9. The van der Waals surface area contributed by atoms with Crippen LogP contribution in [0, 0.1) is 0 Å². The Balaban J connectivity index is 1.07. The first-order valence-electron chi connectivity index (χ1n) is 47.0. The van der Waals surface area contributed by atoms with E-state index in [0.717, 1.165) is 58.9 Å². The number of nitrogens with zero attached hydrogens (tertiary/aromatic N) is 5. The third kappa shape index (κ3) is 10.3. The predicted octanol–water partition coefficient (Wildman–Crippen LogP) is 25.3. The number of anilines is 6. The normalized spacial score (nSPS) is 16.1. The molecule has 5 nitrogen and oxygen atoms in total. The molecule has 0 radical (unpaired) electrons. The summed E-state index contributed by atoms with van der Waals surface area (Å²) in [5.74, 6) is 0. The van der Waals surface area contributed by atoms with Gasteiger partial charge in [0.05, 0.1) is 74.6 Å². The Morgan fingerprint density at radius 1 is 0.264 bits per heavy atom. The number of para-hydroxylation sites is 6. The van der Waals surface area contributed by atoms with Crippen LogP contribution in [0.5, 0.6) is 0 Å². The first kappa shape index (κ1) is 45.4. The molecular formula is C100H86BN5. The van der Waals surface area contributed by atoms with Crippen LogP contribution in [0.1, 0.15) is 135 Å². The summed E-state index contributed by atoms with van der Waals surface area (Å²) in [4.78, 5) is 3.71. The fourth-order valence-corrected chi connectivity index (χ4v) is 15.9. The maximum Gasteiger partial charge on any atom is 0.252 e. The highest BCUT2D eigenvalue weighted by atomic mass is 15.2. The lowest BCUT2D eigenvalue weighted by atomic mass is 9.33. The summed E-state index contributed by atoms with van der Waals surface area (Å²) in [6.45, 7) is 23.6. The van der Waals surface area contributed by atoms with Gasteiger partial charge in [0.15, 0.2) is 0 Å². The van der Waals surface area contributed by atoms with Crippen molar-refractivity contribution in [2.75, 3.05) is 9.80 Å². The van der Waals surface area contributed by atoms with Crippen molar-refractivity contribution in [1.29, 1.82) is 0 Å². The van der Waals surface area contributed by atoms with Crippen molar-refractivity contribution in [3.8, 4) is 50.4 Å². The van der Waals surface area contributed by atoms with Crippen molar-refractivity contribution in [3.05, 3.63) is 325 Å². The highest BCUT2D eigenvalue weighted by Crippen LogP contribution is 2.53. The summed E-state index contributed by atoms with van der Waals surface area (Å²) >= 11 is 0. The molecule has 2 aliphatic heterocycles. The van der Waals surface area contributed by atoms with E-state index < -0.39 is 184 Å². The van der Waals surface area contributed by atoms with Gasteiger partial charge in [-0.15, -0.1) is 0 Å². The van der Waals surface area contributed by atoms with Crippen LogP contribution >= 0.6 is 0 Å². The zero-order valence-electron chi connectivity index (χ0n) is 83.0. The molecule has 0 fully saturated rings. The molecule has 14 aromatic carbocycles. The molecule has 0 amide bonds. The van der Waals surface area contributed by atoms with E-state index in [9.17, 15) is 24.7 Å². The molecule has 3 aromatic heterocycles. The highest BCUT2D eigenvalue weighted by Gasteiger charge is 2.45. The number of aromatic nitrogens is 3. The molecule has 0 saturated heterocycles. The SMILES string of the molecule is [2H]c1c([2H])c(-n2c3c([2H])c([2H])c([2H])c([2H])c3c3c([2H])c([2H])c([2H])c([2H])c32)c([2H])c2c1B1c3c(cc(-c4ccc5c(c4)c4ccccc4n5-c4ccccc4)cc3N(c3ccc(C(C)(C)C)cc3-c3ccc(C(C)(C)C)cc3)c3c([2H])c(-n4c5c([2H])c([2H])c([2H])c([2H])c5c5c([2H])c([2H])c([2H])c([2H])c54)c([2H])c([2H])c31)N2c1ccc(C(C)(C)C)cc1-c1ccc(C(C)(C)C)cc1. The fraction of sp³-hybridized carbons (Fsp3) is 0.160. The third-order valence-electron chi connectivity index (χ3n) is 21.4. The van der Waals surface area contributed by atoms with Gasteiger partial charge in [0.25, 0.3) is 6.71 Å². The van der Waals surface area contributed by atoms with Crippen LogP contribution in [0.2, 0.25) is 0 Å². The second-order valence-corrected chi connectivity index (χ2v) is 32.1. The lowest BCUT2D eigenvalue weighted by Gasteiger charge is -2.45. The smallest absolute Gasteiger partial charge is 0.252 e. The van der Waals surface area contributed by atoms with Crippen molar-refractivity contribution < 1.29 is 30.2 Å². The Labute approximate surface area is 653 Å². The summed E-state index contributed by atoms with van der Waals surface area (Å²) in [5.41, 5.74) is 6.69. The van der Waals surface area contributed by atoms with Crippen LogP contribution in [0.4, 0.5) is 34.1 Å². The number of hydrogen-bond donors (Lipinski definition) is 0. The van der Waals surface area contributed by atoms with Crippen LogP contribution < -0.4 is 26.2 Å². The molecule has 0 atom stereocenters. The van der Waals surface area contributed by atoms with Crippen molar-refractivity contribution in [2.45, 2.75) is 105 Å². The molecule has 0 spiro atoms. The maximum atomic E-state index is 11.7. The van der Waals surface area contributed by atoms with Gasteiger partial charge in [0.1, 0.15) is 0 Å². The Morgan fingerprint density at radius 3 is 1.08 bits per heavy atom. The zero-order valence-corrected chi connectivity index (χ0v) is 61.0. The molecule has 17 aromatic rings. The van der Waals surface area contributed by atoms with Gasteiger partial charge in [0.2, 0.25) is 0 Å². The van der Waals surface area contributed by atoms with E-state index in [0.29, 0.717) is 50.2 Å². The second-order valence-electron chi connectivity index (χ2n) is 32.1. The third-order valence-corrected chi connectivity index (χ3v) is 21.4. The monoisotopic (exact) mass is 1390 g/mol. The first-order valence-corrected chi connectivity index (χ1v) is 36.0. The summed E-state index contributed by atoms with van der Waals surface area (Å²) in [6.07, 6.45) is 0. The first-order chi connectivity index (χ1) is 60.3. The highest BCUT2D eigenvalue weighted by molar-refractivity contribution is 7.00. The largest absolute Gasteiger partial charge is 0.311 e. The molecule has 19 rings (SSSR count). The van der Waals surface area contributed by atoms with Gasteiger partial charge < -0.3 is 23.5 Å². The number of rotatable bonds is 8. The van der Waals surface area contributed by atoms with E-state index in [1.54, 1.807) is 0 Å². The molecule has 0 N–H and O–H groups in total. The van der Waals surface area contributed by atoms with Gasteiger partial charge in [0, 0.05) is 83.3 Å². The number of hydrogen-bond acceptors (Lipinski definition) is 2. The molecule has 5 heterocycles. The van der Waals surface area contributed by atoms with E-state index in [1.165, 1.54) is 0 Å². The Bertz CT molecular complexity index is 7290. The lowest BCUT2D eigenvalue weighted by molar-refractivity contribution is 0.589. The minimum atomic E-state index is -1.64. The molecule has 0 unspecified atom stereocenters. The van der Waals surface area contributed by atoms with Gasteiger partial charge >= 0.3 is 0 Å². The Morgan fingerprint density at radius 2 is 0.642 bits per heavy atom. The van der Waals surface area contributed by atoms with Crippen LogP contribution in [-0.2, 0) is 21.7 Å². The molecule has 514 valence electrons. The zero-order chi connectivity index (χ0) is 91.6. The number of benzene rings is 14. The van der Waals surface area contributed by atoms with Crippen LogP contribution in [-0.4, -0.2) is 20.4 Å². The van der Waals surface area contributed by atoms with Crippen molar-refractivity contribution in [2.24, 2.45) is 0 Å². The van der Waals surface area contributed by atoms with Crippen molar-refractivity contribution in [1.82, 2.24) is 13.7 Å². The Hall–Kier alpha value is -11.9. The summed E-state index contributed by atoms with van der Waals surface area (Å²) < 4.78 is 225. The van der Waals surface area contributed by atoms with Crippen LogP contribution in [0.25, 0.3) is 116 Å². The van der Waals surface area contributed by atoms with Gasteiger partial charge in [-0.3, -0.25) is 0 Å². The minimum absolute atomic E-state index is 0.152. The molecule has 2 aliphatic rings. The van der Waals surface area contributed by atoms with E-state index in [2.05, 4.69) is 148 Å². The van der Waals surface area contributed by atoms with Crippen LogP contribution in [0.15, 0.2) is 303 Å². The van der Waals surface area contributed by atoms with Crippen molar-refractivity contribution in [3.63, 3.8) is 0 Å². The summed E-state index contributed by atoms with van der Waals surface area (Å²) in [5, 5.41) is 0.347. The molecule has 0 aliphatic carbocycles.